The van der Waals surface area contributed by atoms with E-state index in [1.54, 1.807) is 0 Å². The molecule has 3 nitrogen and oxygen atoms in total. The number of hydrogen-bond acceptors (Lipinski definition) is 2. The standard InChI is InChI=1S/C17H27NO2/c1-12(2)9-13-10-14-7-6-8-15(11-13)18(14)16(19)20-17(3,4)5/h10,14-15H,1,6-9,11H2,2-5H3. The van der Waals surface area contributed by atoms with Crippen molar-refractivity contribution >= 4 is 6.09 Å². The highest BCUT2D eigenvalue weighted by molar-refractivity contribution is 5.70. The van der Waals surface area contributed by atoms with Gasteiger partial charge in [0.25, 0.3) is 0 Å². The van der Waals surface area contributed by atoms with Gasteiger partial charge in [-0.05, 0) is 59.8 Å². The molecule has 2 rings (SSSR count). The van der Waals surface area contributed by atoms with Crippen molar-refractivity contribution in [2.45, 2.75) is 77.5 Å². The molecule has 0 aromatic rings. The molecule has 0 spiro atoms. The highest BCUT2D eigenvalue weighted by atomic mass is 16.6. The van der Waals surface area contributed by atoms with Crippen molar-refractivity contribution in [2.75, 3.05) is 0 Å². The van der Waals surface area contributed by atoms with Crippen LogP contribution in [0.4, 0.5) is 4.79 Å². The molecule has 1 amide bonds. The quantitative estimate of drug-likeness (QED) is 0.698. The Balaban J connectivity index is 2.14. The fourth-order valence-corrected chi connectivity index (χ4v) is 3.24. The Hall–Kier alpha value is -1.25. The molecule has 1 saturated heterocycles. The summed E-state index contributed by atoms with van der Waals surface area (Å²) < 4.78 is 5.57. The lowest BCUT2D eigenvalue weighted by Crippen LogP contribution is -2.53. The van der Waals surface area contributed by atoms with Gasteiger partial charge in [-0.3, -0.25) is 4.90 Å². The zero-order chi connectivity index (χ0) is 14.9. The Bertz CT molecular complexity index is 431. The lowest BCUT2D eigenvalue weighted by atomic mass is 9.83. The van der Waals surface area contributed by atoms with E-state index in [0.29, 0.717) is 6.04 Å². The van der Waals surface area contributed by atoms with Crippen molar-refractivity contribution in [3.63, 3.8) is 0 Å². The maximum absolute atomic E-state index is 12.4. The predicted molar refractivity (Wildman–Crippen MR) is 81.6 cm³/mol. The average Bonchev–Trinajstić information content (AvgIpc) is 2.24. The molecule has 0 N–H and O–H groups in total. The van der Waals surface area contributed by atoms with Gasteiger partial charge in [0.05, 0.1) is 6.04 Å². The van der Waals surface area contributed by atoms with Crippen LogP contribution in [0, 0.1) is 0 Å². The van der Waals surface area contributed by atoms with Crippen LogP contribution < -0.4 is 0 Å². The highest BCUT2D eigenvalue weighted by Gasteiger charge is 2.38. The number of amides is 1. The third kappa shape index (κ3) is 3.65. The van der Waals surface area contributed by atoms with Gasteiger partial charge in [0.2, 0.25) is 0 Å². The topological polar surface area (TPSA) is 29.5 Å². The van der Waals surface area contributed by atoms with Crippen molar-refractivity contribution < 1.29 is 9.53 Å². The van der Waals surface area contributed by atoms with Crippen LogP contribution in [-0.2, 0) is 4.74 Å². The molecule has 112 valence electrons. The summed E-state index contributed by atoms with van der Waals surface area (Å²) in [6.45, 7) is 11.8. The van der Waals surface area contributed by atoms with Gasteiger partial charge in [-0.15, -0.1) is 0 Å². The first-order chi connectivity index (χ1) is 9.26. The number of hydrogen-bond donors (Lipinski definition) is 0. The van der Waals surface area contributed by atoms with Gasteiger partial charge in [0.1, 0.15) is 5.60 Å². The minimum absolute atomic E-state index is 0.155. The van der Waals surface area contributed by atoms with Crippen LogP contribution in [-0.4, -0.2) is 28.7 Å². The molecule has 0 saturated carbocycles. The number of carbonyl (C=O) groups is 1. The maximum atomic E-state index is 12.4. The lowest BCUT2D eigenvalue weighted by molar-refractivity contribution is -0.00149. The van der Waals surface area contributed by atoms with Crippen LogP contribution in [0.25, 0.3) is 0 Å². The second kappa shape index (κ2) is 5.63. The molecule has 20 heavy (non-hydrogen) atoms. The van der Waals surface area contributed by atoms with Crippen molar-refractivity contribution in [3.05, 3.63) is 23.8 Å². The van der Waals surface area contributed by atoms with Gasteiger partial charge in [-0.2, -0.15) is 0 Å². The summed E-state index contributed by atoms with van der Waals surface area (Å²) in [4.78, 5) is 14.4. The fourth-order valence-electron chi connectivity index (χ4n) is 3.24. The number of ether oxygens (including phenoxy) is 1. The minimum atomic E-state index is -0.424. The molecule has 2 heterocycles. The first-order valence-electron chi connectivity index (χ1n) is 7.61. The molecule has 2 aliphatic rings. The van der Waals surface area contributed by atoms with E-state index >= 15 is 0 Å². The van der Waals surface area contributed by atoms with E-state index in [1.165, 1.54) is 17.6 Å². The summed E-state index contributed by atoms with van der Waals surface area (Å²) in [7, 11) is 0. The summed E-state index contributed by atoms with van der Waals surface area (Å²) in [5.41, 5.74) is 2.21. The lowest BCUT2D eigenvalue weighted by Gasteiger charge is -2.45. The first kappa shape index (κ1) is 15.1. The van der Waals surface area contributed by atoms with E-state index in [1.807, 2.05) is 25.7 Å². The average molecular weight is 277 g/mol. The van der Waals surface area contributed by atoms with Crippen molar-refractivity contribution in [2.24, 2.45) is 0 Å². The smallest absolute Gasteiger partial charge is 0.411 e. The normalized spacial score (nSPS) is 26.0. The van der Waals surface area contributed by atoms with E-state index < -0.39 is 5.60 Å². The van der Waals surface area contributed by atoms with Gasteiger partial charge in [-0.25, -0.2) is 4.79 Å². The van der Waals surface area contributed by atoms with E-state index in [2.05, 4.69) is 19.6 Å². The summed E-state index contributed by atoms with van der Waals surface area (Å²) in [6.07, 6.45) is 7.40. The summed E-state index contributed by atoms with van der Waals surface area (Å²) in [6, 6.07) is 0.523. The number of fused-ring (bicyclic) bond motifs is 2. The molecule has 0 aliphatic carbocycles. The second-order valence-corrected chi connectivity index (χ2v) is 7.20. The molecule has 2 bridgehead atoms. The zero-order valence-electron chi connectivity index (χ0n) is 13.2. The van der Waals surface area contributed by atoms with E-state index in [-0.39, 0.29) is 12.1 Å². The number of carbonyl (C=O) groups excluding carboxylic acids is 1. The van der Waals surface area contributed by atoms with E-state index in [9.17, 15) is 4.79 Å². The van der Waals surface area contributed by atoms with Gasteiger partial charge >= 0.3 is 6.09 Å². The number of nitrogens with zero attached hydrogens (tertiary/aromatic N) is 1. The maximum Gasteiger partial charge on any atom is 0.411 e. The third-order valence-electron chi connectivity index (χ3n) is 3.85. The summed E-state index contributed by atoms with van der Waals surface area (Å²) in [5.74, 6) is 0. The third-order valence-corrected chi connectivity index (χ3v) is 3.85. The molecule has 0 radical (unpaired) electrons. The molecule has 2 aliphatic heterocycles. The zero-order valence-corrected chi connectivity index (χ0v) is 13.2. The van der Waals surface area contributed by atoms with Crippen LogP contribution in [0.1, 0.15) is 59.8 Å². The molecular formula is C17H27NO2. The minimum Gasteiger partial charge on any atom is -0.444 e. The number of allylic oxidation sites excluding steroid dienone is 1. The van der Waals surface area contributed by atoms with Gasteiger partial charge in [0, 0.05) is 6.04 Å². The number of piperidine rings is 1. The Morgan fingerprint density at radius 1 is 1.45 bits per heavy atom. The Morgan fingerprint density at radius 2 is 2.15 bits per heavy atom. The van der Waals surface area contributed by atoms with Crippen LogP contribution in [0.3, 0.4) is 0 Å². The van der Waals surface area contributed by atoms with E-state index in [0.717, 1.165) is 25.7 Å². The van der Waals surface area contributed by atoms with Crippen molar-refractivity contribution in [1.29, 1.82) is 0 Å². The second-order valence-electron chi connectivity index (χ2n) is 7.20. The Labute approximate surface area is 122 Å². The largest absolute Gasteiger partial charge is 0.444 e. The molecule has 0 aromatic carbocycles. The van der Waals surface area contributed by atoms with Crippen molar-refractivity contribution in [1.82, 2.24) is 4.90 Å². The summed E-state index contributed by atoms with van der Waals surface area (Å²) >= 11 is 0. The fraction of sp³-hybridized carbons (Fsp3) is 0.706. The molecular weight excluding hydrogens is 250 g/mol. The SMILES string of the molecule is C=C(C)CC1=CC2CCCC(C1)N2C(=O)OC(C)(C)C. The first-order valence-corrected chi connectivity index (χ1v) is 7.61. The van der Waals surface area contributed by atoms with Crippen molar-refractivity contribution in [3.8, 4) is 0 Å². The van der Waals surface area contributed by atoms with Crippen LogP contribution >= 0.6 is 0 Å². The highest BCUT2D eigenvalue weighted by Crippen LogP contribution is 2.36. The van der Waals surface area contributed by atoms with E-state index in [4.69, 9.17) is 4.74 Å². The Morgan fingerprint density at radius 3 is 2.70 bits per heavy atom. The number of rotatable bonds is 2. The van der Waals surface area contributed by atoms with Crippen LogP contribution in [0.5, 0.6) is 0 Å². The Kier molecular flexibility index (Phi) is 4.26. The van der Waals surface area contributed by atoms with Gasteiger partial charge in [0.15, 0.2) is 0 Å². The molecule has 1 fully saturated rings. The summed E-state index contributed by atoms with van der Waals surface area (Å²) in [5, 5.41) is 0. The van der Waals surface area contributed by atoms with Gasteiger partial charge < -0.3 is 4.74 Å². The monoisotopic (exact) mass is 277 g/mol. The van der Waals surface area contributed by atoms with Crippen LogP contribution in [0.2, 0.25) is 0 Å². The van der Waals surface area contributed by atoms with Gasteiger partial charge in [-0.1, -0.05) is 23.8 Å². The molecule has 2 unspecified atom stereocenters. The predicted octanol–water partition coefficient (Wildman–Crippen LogP) is 4.44. The molecule has 2 atom stereocenters. The molecule has 0 aromatic heterocycles. The van der Waals surface area contributed by atoms with Crippen LogP contribution in [0.15, 0.2) is 23.8 Å². The molecule has 3 heteroatoms.